The highest BCUT2D eigenvalue weighted by Crippen LogP contribution is 2.32. The maximum atomic E-state index is 14.2. The van der Waals surface area contributed by atoms with Crippen LogP contribution in [-0.4, -0.2) is 51.2 Å². The summed E-state index contributed by atoms with van der Waals surface area (Å²) in [6.07, 6.45) is -0.890. The topological polar surface area (TPSA) is 152 Å². The average Bonchev–Trinajstić information content (AvgIpc) is 2.93. The van der Waals surface area contributed by atoms with Gasteiger partial charge in [-0.25, -0.2) is 4.79 Å². The van der Waals surface area contributed by atoms with Crippen LogP contribution in [0.5, 0.6) is 11.5 Å². The summed E-state index contributed by atoms with van der Waals surface area (Å²) in [6.45, 7) is 6.32. The van der Waals surface area contributed by atoms with Crippen molar-refractivity contribution in [2.24, 2.45) is 0 Å². The fourth-order valence-corrected chi connectivity index (χ4v) is 4.33. The van der Waals surface area contributed by atoms with E-state index in [1.807, 2.05) is 36.4 Å². The van der Waals surface area contributed by atoms with Gasteiger partial charge < -0.3 is 30.5 Å². The lowest BCUT2D eigenvalue weighted by Gasteiger charge is -2.33. The first-order valence-electron chi connectivity index (χ1n) is 13.4. The van der Waals surface area contributed by atoms with Crippen LogP contribution in [0.3, 0.4) is 0 Å². The first-order chi connectivity index (χ1) is 19.9. The van der Waals surface area contributed by atoms with Gasteiger partial charge in [0.1, 0.15) is 35.7 Å². The molecule has 42 heavy (non-hydrogen) atoms. The minimum Gasteiger partial charge on any atom is -0.508 e. The van der Waals surface area contributed by atoms with Gasteiger partial charge in [-0.2, -0.15) is 5.26 Å². The number of amides is 3. The number of carbonyl (C=O) groups excluding carboxylic acids is 3. The number of hydrogen-bond acceptors (Lipinski definition) is 7. The Morgan fingerprint density at radius 1 is 0.952 bits per heavy atom. The van der Waals surface area contributed by atoms with Gasteiger partial charge >= 0.3 is 6.09 Å². The van der Waals surface area contributed by atoms with Gasteiger partial charge in [0.05, 0.1) is 6.07 Å². The van der Waals surface area contributed by atoms with Gasteiger partial charge in [0.15, 0.2) is 0 Å². The smallest absolute Gasteiger partial charge is 0.408 e. The van der Waals surface area contributed by atoms with Crippen molar-refractivity contribution in [2.45, 2.75) is 58.3 Å². The van der Waals surface area contributed by atoms with Gasteiger partial charge in [0.2, 0.25) is 11.8 Å². The molecule has 0 bridgehead atoms. The van der Waals surface area contributed by atoms with E-state index in [0.29, 0.717) is 11.1 Å². The number of nitriles is 1. The predicted molar refractivity (Wildman–Crippen MR) is 156 cm³/mol. The van der Waals surface area contributed by atoms with Crippen molar-refractivity contribution in [3.05, 3.63) is 95.1 Å². The number of phenols is 2. The van der Waals surface area contributed by atoms with Crippen molar-refractivity contribution in [3.8, 4) is 17.6 Å². The van der Waals surface area contributed by atoms with Gasteiger partial charge in [0, 0.05) is 18.5 Å². The largest absolute Gasteiger partial charge is 0.508 e. The van der Waals surface area contributed by atoms with Crippen LogP contribution >= 0.6 is 0 Å². The van der Waals surface area contributed by atoms with Gasteiger partial charge in [-0.05, 0) is 56.5 Å². The predicted octanol–water partition coefficient (Wildman–Crippen LogP) is 4.25. The highest BCUT2D eigenvalue weighted by molar-refractivity contribution is 5.93. The average molecular weight is 573 g/mol. The molecule has 0 saturated heterocycles. The Balaban J connectivity index is 2.04. The van der Waals surface area contributed by atoms with Gasteiger partial charge in [-0.15, -0.1) is 0 Å². The van der Waals surface area contributed by atoms with Crippen LogP contribution in [0.15, 0.2) is 72.8 Å². The number of rotatable bonds is 10. The number of nitrogens with zero attached hydrogens (tertiary/aromatic N) is 2. The van der Waals surface area contributed by atoms with Gasteiger partial charge in [-0.1, -0.05) is 60.7 Å². The van der Waals surface area contributed by atoms with Gasteiger partial charge in [-0.3, -0.25) is 9.59 Å². The van der Waals surface area contributed by atoms with E-state index in [2.05, 4.69) is 10.6 Å². The Morgan fingerprint density at radius 3 is 2.24 bits per heavy atom. The zero-order chi connectivity index (χ0) is 30.9. The van der Waals surface area contributed by atoms with Crippen molar-refractivity contribution in [1.29, 1.82) is 5.26 Å². The first kappa shape index (κ1) is 31.5. The molecule has 220 valence electrons. The van der Waals surface area contributed by atoms with Crippen LogP contribution < -0.4 is 10.6 Å². The molecule has 0 saturated carbocycles. The number of aryl methyl sites for hydroxylation is 1. The van der Waals surface area contributed by atoms with Crippen molar-refractivity contribution >= 4 is 17.9 Å². The molecule has 2 atom stereocenters. The van der Waals surface area contributed by atoms with Crippen molar-refractivity contribution in [2.75, 3.05) is 6.54 Å². The maximum Gasteiger partial charge on any atom is 0.408 e. The molecule has 3 aromatic rings. The second-order valence-electron chi connectivity index (χ2n) is 10.8. The first-order valence-corrected chi connectivity index (χ1v) is 13.4. The summed E-state index contributed by atoms with van der Waals surface area (Å²) >= 11 is 0. The zero-order valence-corrected chi connectivity index (χ0v) is 24.1. The van der Waals surface area contributed by atoms with Crippen LogP contribution in [0.1, 0.15) is 49.1 Å². The Hall–Kier alpha value is -5.04. The Bertz CT molecular complexity index is 1430. The molecule has 4 N–H and O–H groups in total. The lowest BCUT2D eigenvalue weighted by molar-refractivity contribution is -0.141. The van der Waals surface area contributed by atoms with Crippen LogP contribution in [0, 0.1) is 18.3 Å². The van der Waals surface area contributed by atoms with Crippen molar-refractivity contribution in [3.63, 3.8) is 0 Å². The fraction of sp³-hybridized carbons (Fsp3) is 0.312. The summed E-state index contributed by atoms with van der Waals surface area (Å²) in [7, 11) is 0. The molecule has 10 nitrogen and oxygen atoms in total. The van der Waals surface area contributed by atoms with E-state index in [9.17, 15) is 29.9 Å². The molecule has 3 amide bonds. The second-order valence-corrected chi connectivity index (χ2v) is 10.8. The molecule has 0 spiro atoms. The minimum atomic E-state index is -1.40. The molecule has 0 fully saturated rings. The molecule has 0 aromatic heterocycles. The number of nitrogens with one attached hydrogen (secondary N) is 2. The van der Waals surface area contributed by atoms with Crippen LogP contribution in [0.4, 0.5) is 4.79 Å². The molecule has 3 rings (SSSR count). The molecule has 0 aliphatic rings. The number of hydrogen-bond donors (Lipinski definition) is 4. The highest BCUT2D eigenvalue weighted by atomic mass is 16.6. The Kier molecular flexibility index (Phi) is 10.5. The second kappa shape index (κ2) is 14.0. The molecule has 0 heterocycles. The molecule has 0 radical (unpaired) electrons. The van der Waals surface area contributed by atoms with Crippen LogP contribution in [0.2, 0.25) is 0 Å². The van der Waals surface area contributed by atoms with Crippen molar-refractivity contribution < 1.29 is 29.3 Å². The van der Waals surface area contributed by atoms with E-state index in [4.69, 9.17) is 4.74 Å². The van der Waals surface area contributed by atoms with Crippen LogP contribution in [0.25, 0.3) is 0 Å². The SMILES string of the molecule is Cc1cccc(C(C(=O)NCc2ccccc2)N(CC#N)C(=O)C(Cc2ccc(O)cc2)NC(=O)OC(C)(C)C)c1O. The molecule has 0 aliphatic heterocycles. The molecule has 0 aliphatic carbocycles. The molecule has 3 aromatic carbocycles. The van der Waals surface area contributed by atoms with Crippen LogP contribution in [-0.2, 0) is 27.3 Å². The quantitative estimate of drug-likeness (QED) is 0.265. The lowest BCUT2D eigenvalue weighted by atomic mass is 9.98. The third kappa shape index (κ3) is 8.73. The number of benzene rings is 3. The number of alkyl carbamates (subject to hydrolysis) is 1. The monoisotopic (exact) mass is 572 g/mol. The molecular weight excluding hydrogens is 536 g/mol. The summed E-state index contributed by atoms with van der Waals surface area (Å²) in [5, 5.41) is 35.8. The summed E-state index contributed by atoms with van der Waals surface area (Å²) < 4.78 is 5.38. The number of phenolic OH excluding ortho intramolecular Hbond substituents is 2. The molecule has 2 unspecified atom stereocenters. The Labute approximate surface area is 245 Å². The maximum absolute atomic E-state index is 14.2. The molecule has 10 heteroatoms. The standard InChI is InChI=1S/C32H36N4O6/c1-21-9-8-12-25(28(21)38)27(29(39)34-20-23-10-6-5-7-11-23)36(18-17-33)30(40)26(35-31(41)42-32(2,3)4)19-22-13-15-24(37)16-14-22/h5-16,26-27,37-38H,18-20H2,1-4H3,(H,34,39)(H,35,41). The summed E-state index contributed by atoms with van der Waals surface area (Å²) in [4.78, 5) is 41.8. The van der Waals surface area contributed by atoms with E-state index >= 15 is 0 Å². The van der Waals surface area contributed by atoms with Gasteiger partial charge in [0.25, 0.3) is 0 Å². The Morgan fingerprint density at radius 2 is 1.62 bits per heavy atom. The van der Waals surface area contributed by atoms with E-state index in [0.717, 1.165) is 10.5 Å². The fourth-order valence-electron chi connectivity index (χ4n) is 4.33. The molecular formula is C32H36N4O6. The summed E-state index contributed by atoms with van der Waals surface area (Å²) in [6, 6.07) is 19.3. The lowest BCUT2D eigenvalue weighted by Crippen LogP contribution is -2.54. The van der Waals surface area contributed by atoms with Crippen molar-refractivity contribution in [1.82, 2.24) is 15.5 Å². The third-order valence-electron chi connectivity index (χ3n) is 6.32. The normalized spacial score (nSPS) is 12.4. The summed E-state index contributed by atoms with van der Waals surface area (Å²) in [5.41, 5.74) is 1.17. The van der Waals surface area contributed by atoms with E-state index in [1.54, 1.807) is 52.0 Å². The van der Waals surface area contributed by atoms with E-state index in [-0.39, 0.29) is 30.0 Å². The number of carbonyl (C=O) groups is 3. The minimum absolute atomic E-state index is 0.0258. The van der Waals surface area contributed by atoms with E-state index < -0.39 is 42.1 Å². The van der Waals surface area contributed by atoms with E-state index in [1.165, 1.54) is 18.2 Å². The zero-order valence-electron chi connectivity index (χ0n) is 24.1. The number of ether oxygens (including phenoxy) is 1. The summed E-state index contributed by atoms with van der Waals surface area (Å²) in [5.74, 6) is -1.53. The highest BCUT2D eigenvalue weighted by Gasteiger charge is 2.37. The number of aromatic hydroxyl groups is 2. The number of para-hydroxylation sites is 1. The third-order valence-corrected chi connectivity index (χ3v) is 6.32.